The highest BCUT2D eigenvalue weighted by molar-refractivity contribution is 5.78. The third kappa shape index (κ3) is 5.29. The summed E-state index contributed by atoms with van der Waals surface area (Å²) in [6.07, 6.45) is 9.31. The molecular formula is C18H32N2O2. The molecule has 0 aromatic carbocycles. The Bertz CT molecular complexity index is 375. The molecule has 0 aromatic heterocycles. The minimum absolute atomic E-state index is 0.0348. The van der Waals surface area contributed by atoms with Crippen LogP contribution in [-0.4, -0.2) is 36.3 Å². The van der Waals surface area contributed by atoms with Crippen LogP contribution in [0.2, 0.25) is 0 Å². The van der Waals surface area contributed by atoms with E-state index in [0.717, 1.165) is 32.4 Å². The molecule has 1 saturated carbocycles. The molecule has 1 heterocycles. The fourth-order valence-electron chi connectivity index (χ4n) is 3.67. The third-order valence-corrected chi connectivity index (χ3v) is 5.15. The van der Waals surface area contributed by atoms with Gasteiger partial charge in [-0.05, 0) is 37.5 Å². The number of rotatable bonds is 5. The van der Waals surface area contributed by atoms with E-state index in [4.69, 9.17) is 0 Å². The van der Waals surface area contributed by atoms with Crippen LogP contribution in [-0.2, 0) is 9.59 Å². The molecule has 1 aliphatic heterocycles. The van der Waals surface area contributed by atoms with E-state index in [9.17, 15) is 9.59 Å². The van der Waals surface area contributed by atoms with Gasteiger partial charge in [0.25, 0.3) is 0 Å². The molecule has 0 aromatic rings. The summed E-state index contributed by atoms with van der Waals surface area (Å²) in [5, 5.41) is 3.02. The Kier molecular flexibility index (Phi) is 6.71. The third-order valence-electron chi connectivity index (χ3n) is 5.15. The minimum Gasteiger partial charge on any atom is -0.356 e. The lowest BCUT2D eigenvalue weighted by Crippen LogP contribution is -2.44. The van der Waals surface area contributed by atoms with Gasteiger partial charge in [0.2, 0.25) is 11.8 Å². The molecule has 2 aliphatic rings. The van der Waals surface area contributed by atoms with Gasteiger partial charge < -0.3 is 10.2 Å². The van der Waals surface area contributed by atoms with Crippen LogP contribution in [0.4, 0.5) is 0 Å². The van der Waals surface area contributed by atoms with Crippen molar-refractivity contribution in [3.63, 3.8) is 0 Å². The lowest BCUT2D eigenvalue weighted by Gasteiger charge is -2.34. The molecule has 4 heteroatoms. The topological polar surface area (TPSA) is 49.4 Å². The largest absolute Gasteiger partial charge is 0.356 e. The second kappa shape index (κ2) is 8.54. The van der Waals surface area contributed by atoms with Crippen LogP contribution in [0.15, 0.2) is 0 Å². The highest BCUT2D eigenvalue weighted by atomic mass is 16.2. The van der Waals surface area contributed by atoms with Gasteiger partial charge in [-0.3, -0.25) is 9.59 Å². The van der Waals surface area contributed by atoms with Gasteiger partial charge in [-0.25, -0.2) is 0 Å². The smallest absolute Gasteiger partial charge is 0.222 e. The Morgan fingerprint density at radius 2 is 1.73 bits per heavy atom. The first-order chi connectivity index (χ1) is 10.6. The van der Waals surface area contributed by atoms with E-state index in [0.29, 0.717) is 24.3 Å². The number of hydrogen-bond donors (Lipinski definition) is 1. The first-order valence-electron chi connectivity index (χ1n) is 9.11. The molecule has 22 heavy (non-hydrogen) atoms. The molecule has 0 radical (unpaired) electrons. The van der Waals surface area contributed by atoms with Gasteiger partial charge in [-0.2, -0.15) is 0 Å². The molecule has 1 saturated heterocycles. The van der Waals surface area contributed by atoms with E-state index in [1.807, 2.05) is 18.7 Å². The van der Waals surface area contributed by atoms with Crippen LogP contribution in [0.5, 0.6) is 0 Å². The summed E-state index contributed by atoms with van der Waals surface area (Å²) in [7, 11) is 0. The van der Waals surface area contributed by atoms with Crippen molar-refractivity contribution in [3.05, 3.63) is 0 Å². The Morgan fingerprint density at radius 3 is 2.41 bits per heavy atom. The number of amides is 2. The summed E-state index contributed by atoms with van der Waals surface area (Å²) >= 11 is 0. The van der Waals surface area contributed by atoms with Gasteiger partial charge in [-0.1, -0.05) is 33.1 Å². The standard InChI is InChI=1S/C18H32N2O2/c1-14(2)18(22)19-12-16-9-6-10-20(13-16)17(21)11-15-7-4-3-5-8-15/h14-16H,3-13H2,1-2H3,(H,19,22)/t16-/m0/s1. The van der Waals surface area contributed by atoms with Gasteiger partial charge in [0.1, 0.15) is 0 Å². The molecule has 1 N–H and O–H groups in total. The summed E-state index contributed by atoms with van der Waals surface area (Å²) in [4.78, 5) is 26.2. The average molecular weight is 308 g/mol. The van der Waals surface area contributed by atoms with Crippen LogP contribution in [0.1, 0.15) is 65.2 Å². The Hall–Kier alpha value is -1.06. The first-order valence-corrected chi connectivity index (χ1v) is 9.11. The molecule has 0 unspecified atom stereocenters. The van der Waals surface area contributed by atoms with Crippen LogP contribution in [0.25, 0.3) is 0 Å². The van der Waals surface area contributed by atoms with E-state index in [1.165, 1.54) is 32.1 Å². The van der Waals surface area contributed by atoms with Gasteiger partial charge in [0.15, 0.2) is 0 Å². The molecule has 0 bridgehead atoms. The summed E-state index contributed by atoms with van der Waals surface area (Å²) < 4.78 is 0. The van der Waals surface area contributed by atoms with Crippen molar-refractivity contribution in [3.8, 4) is 0 Å². The van der Waals surface area contributed by atoms with Crippen molar-refractivity contribution in [1.82, 2.24) is 10.2 Å². The van der Waals surface area contributed by atoms with E-state index in [-0.39, 0.29) is 11.8 Å². The van der Waals surface area contributed by atoms with Crippen LogP contribution >= 0.6 is 0 Å². The van der Waals surface area contributed by atoms with Crippen molar-refractivity contribution in [2.45, 2.75) is 65.2 Å². The molecule has 2 rings (SSSR count). The maximum atomic E-state index is 12.5. The molecule has 2 fully saturated rings. The van der Waals surface area contributed by atoms with Crippen molar-refractivity contribution >= 4 is 11.8 Å². The van der Waals surface area contributed by atoms with Crippen molar-refractivity contribution in [2.24, 2.45) is 17.8 Å². The predicted molar refractivity (Wildman–Crippen MR) is 88.3 cm³/mol. The number of nitrogens with zero attached hydrogens (tertiary/aromatic N) is 1. The summed E-state index contributed by atoms with van der Waals surface area (Å²) in [6, 6.07) is 0. The molecular weight excluding hydrogens is 276 g/mol. The minimum atomic E-state index is 0.0348. The monoisotopic (exact) mass is 308 g/mol. The predicted octanol–water partition coefficient (Wildman–Crippen LogP) is 2.97. The lowest BCUT2D eigenvalue weighted by atomic mass is 9.86. The van der Waals surface area contributed by atoms with Crippen LogP contribution in [0.3, 0.4) is 0 Å². The second-order valence-corrected chi connectivity index (χ2v) is 7.46. The molecule has 126 valence electrons. The van der Waals surface area contributed by atoms with Crippen molar-refractivity contribution in [1.29, 1.82) is 0 Å². The second-order valence-electron chi connectivity index (χ2n) is 7.46. The quantitative estimate of drug-likeness (QED) is 0.849. The Labute approximate surface area is 135 Å². The van der Waals surface area contributed by atoms with E-state index >= 15 is 0 Å². The Balaban J connectivity index is 1.74. The molecule has 1 aliphatic carbocycles. The lowest BCUT2D eigenvalue weighted by molar-refractivity contribution is -0.134. The molecule has 2 amide bonds. The van der Waals surface area contributed by atoms with Crippen molar-refractivity contribution < 1.29 is 9.59 Å². The summed E-state index contributed by atoms with van der Waals surface area (Å²) in [5.41, 5.74) is 0. The van der Waals surface area contributed by atoms with Crippen LogP contribution < -0.4 is 5.32 Å². The van der Waals surface area contributed by atoms with Gasteiger partial charge in [-0.15, -0.1) is 0 Å². The number of nitrogens with one attached hydrogen (secondary N) is 1. The Morgan fingerprint density at radius 1 is 1.05 bits per heavy atom. The van der Waals surface area contributed by atoms with Crippen LogP contribution in [0, 0.1) is 17.8 Å². The number of likely N-dealkylation sites (tertiary alicyclic amines) is 1. The first kappa shape index (κ1) is 17.3. The van der Waals surface area contributed by atoms with Gasteiger partial charge in [0, 0.05) is 32.0 Å². The SMILES string of the molecule is CC(C)C(=O)NC[C@@H]1CCCN(C(=O)CC2CCCCC2)C1. The zero-order chi connectivity index (χ0) is 15.9. The highest BCUT2D eigenvalue weighted by Crippen LogP contribution is 2.27. The number of carbonyl (C=O) groups excluding carboxylic acids is 2. The number of piperidine rings is 1. The average Bonchev–Trinajstić information content (AvgIpc) is 2.53. The fraction of sp³-hybridized carbons (Fsp3) is 0.889. The number of carbonyl (C=O) groups is 2. The summed E-state index contributed by atoms with van der Waals surface area (Å²) in [6.45, 7) is 6.26. The summed E-state index contributed by atoms with van der Waals surface area (Å²) in [5.74, 6) is 1.53. The van der Waals surface area contributed by atoms with E-state index in [1.54, 1.807) is 0 Å². The fourth-order valence-corrected chi connectivity index (χ4v) is 3.67. The van der Waals surface area contributed by atoms with Gasteiger partial charge >= 0.3 is 0 Å². The molecule has 1 atom stereocenters. The zero-order valence-corrected chi connectivity index (χ0v) is 14.3. The maximum absolute atomic E-state index is 12.5. The van der Waals surface area contributed by atoms with E-state index < -0.39 is 0 Å². The van der Waals surface area contributed by atoms with Gasteiger partial charge in [0.05, 0.1) is 0 Å². The molecule has 0 spiro atoms. The normalized spacial score (nSPS) is 23.6. The maximum Gasteiger partial charge on any atom is 0.222 e. The zero-order valence-electron chi connectivity index (χ0n) is 14.3. The number of hydrogen-bond acceptors (Lipinski definition) is 2. The van der Waals surface area contributed by atoms with E-state index in [2.05, 4.69) is 5.32 Å². The van der Waals surface area contributed by atoms with Crippen molar-refractivity contribution in [2.75, 3.05) is 19.6 Å². The molecule has 4 nitrogen and oxygen atoms in total. The highest BCUT2D eigenvalue weighted by Gasteiger charge is 2.26.